The third kappa shape index (κ3) is 5.47. The number of benzene rings is 2. The zero-order valence-electron chi connectivity index (χ0n) is 24.2. The van der Waals surface area contributed by atoms with Crippen LogP contribution in [0, 0.1) is 24.1 Å². The van der Waals surface area contributed by atoms with E-state index in [9.17, 15) is 9.65 Å². The minimum Gasteiger partial charge on any atom is -0.376 e. The number of halogens is 2. The Hall–Kier alpha value is -3.58. The molecule has 2 saturated heterocycles. The second-order valence-corrected chi connectivity index (χ2v) is 11.7. The summed E-state index contributed by atoms with van der Waals surface area (Å²) in [6.45, 7) is 9.31. The number of anilines is 1. The Balaban J connectivity index is 1.36. The molecule has 0 radical (unpaired) electrons. The first-order valence-corrected chi connectivity index (χ1v) is 15.0. The molecule has 4 heterocycles. The van der Waals surface area contributed by atoms with Crippen LogP contribution in [0.5, 0.6) is 0 Å². The molecule has 0 amide bonds. The molecule has 2 aliphatic heterocycles. The van der Waals surface area contributed by atoms with Crippen molar-refractivity contribution in [2.75, 3.05) is 24.6 Å². The Morgan fingerprint density at radius 3 is 2.43 bits per heavy atom. The van der Waals surface area contributed by atoms with Crippen LogP contribution in [0.1, 0.15) is 61.7 Å². The highest BCUT2D eigenvalue weighted by Gasteiger charge is 2.38. The summed E-state index contributed by atoms with van der Waals surface area (Å²) in [5.74, 6) is 1.36. The van der Waals surface area contributed by atoms with Crippen molar-refractivity contribution >= 4 is 28.6 Å². The van der Waals surface area contributed by atoms with Crippen molar-refractivity contribution in [2.24, 2.45) is 0 Å². The molecule has 10 heteroatoms. The molecular formula is C32H35ClFN7O. The lowest BCUT2D eigenvalue weighted by Gasteiger charge is -2.49. The van der Waals surface area contributed by atoms with E-state index < -0.39 is 0 Å². The number of aromatic nitrogens is 4. The summed E-state index contributed by atoms with van der Waals surface area (Å²) in [6, 6.07) is 16.8. The van der Waals surface area contributed by atoms with E-state index in [1.54, 1.807) is 0 Å². The van der Waals surface area contributed by atoms with Crippen molar-refractivity contribution in [1.82, 2.24) is 24.4 Å². The lowest BCUT2D eigenvalue weighted by molar-refractivity contribution is 0.0973. The van der Waals surface area contributed by atoms with Gasteiger partial charge in [0, 0.05) is 31.8 Å². The minimum atomic E-state index is -0.263. The first-order chi connectivity index (χ1) is 20.4. The second kappa shape index (κ2) is 12.0. The van der Waals surface area contributed by atoms with E-state index in [0.29, 0.717) is 18.7 Å². The number of hydrogen-bond acceptors (Lipinski definition) is 7. The van der Waals surface area contributed by atoms with Gasteiger partial charge in [0.1, 0.15) is 11.6 Å². The Morgan fingerprint density at radius 1 is 1.07 bits per heavy atom. The standard InChI is InChI=1S/C32H35ClFN7O/c1-4-26-18-39(30-28-31(38-32(33)37-30)40(21(3)36-28)19-27-6-5-15-42-27)20(2)17-41(26)29(24-11-13-25(34)14-12-24)23-9-7-22(16-35)8-10-23/h7-14,20,26-27,29H,4-6,15,17-19H2,1-3H3/t20-,26+,27?,29?/m0/s1. The monoisotopic (exact) mass is 587 g/mol. The van der Waals surface area contributed by atoms with Gasteiger partial charge in [-0.25, -0.2) is 9.37 Å². The second-order valence-electron chi connectivity index (χ2n) is 11.3. The summed E-state index contributed by atoms with van der Waals surface area (Å²) in [5.41, 5.74) is 4.18. The van der Waals surface area contributed by atoms with Crippen LogP contribution in [-0.2, 0) is 11.3 Å². The van der Waals surface area contributed by atoms with Crippen LogP contribution in [0.4, 0.5) is 10.2 Å². The molecule has 8 nitrogen and oxygen atoms in total. The number of piperazine rings is 1. The first-order valence-electron chi connectivity index (χ1n) is 14.7. The smallest absolute Gasteiger partial charge is 0.226 e. The molecule has 2 unspecified atom stereocenters. The molecule has 0 saturated carbocycles. The van der Waals surface area contributed by atoms with Gasteiger partial charge < -0.3 is 14.2 Å². The van der Waals surface area contributed by atoms with Gasteiger partial charge in [0.15, 0.2) is 17.0 Å². The number of imidazole rings is 1. The molecule has 2 aliphatic rings. The predicted molar refractivity (Wildman–Crippen MR) is 161 cm³/mol. The molecule has 0 aliphatic carbocycles. The Kier molecular flexibility index (Phi) is 8.13. The van der Waals surface area contributed by atoms with Gasteiger partial charge >= 0.3 is 0 Å². The van der Waals surface area contributed by atoms with Gasteiger partial charge in [-0.05, 0) is 80.1 Å². The topological polar surface area (TPSA) is 83.1 Å². The maximum Gasteiger partial charge on any atom is 0.226 e. The van der Waals surface area contributed by atoms with Gasteiger partial charge in [-0.15, -0.1) is 0 Å². The van der Waals surface area contributed by atoms with Crippen LogP contribution in [0.25, 0.3) is 11.2 Å². The van der Waals surface area contributed by atoms with Crippen molar-refractivity contribution in [3.05, 3.63) is 82.1 Å². The lowest BCUT2D eigenvalue weighted by atomic mass is 9.92. The quantitative estimate of drug-likeness (QED) is 0.243. The van der Waals surface area contributed by atoms with Gasteiger partial charge in [0.05, 0.1) is 30.3 Å². The third-order valence-electron chi connectivity index (χ3n) is 8.65. The Labute approximate surface area is 250 Å². The molecule has 2 fully saturated rings. The van der Waals surface area contributed by atoms with Crippen molar-refractivity contribution in [2.45, 2.75) is 70.8 Å². The largest absolute Gasteiger partial charge is 0.376 e. The van der Waals surface area contributed by atoms with Crippen LogP contribution in [0.15, 0.2) is 48.5 Å². The van der Waals surface area contributed by atoms with Crippen LogP contribution >= 0.6 is 11.6 Å². The molecule has 4 atom stereocenters. The van der Waals surface area contributed by atoms with Gasteiger partial charge in [0.2, 0.25) is 5.28 Å². The minimum absolute atomic E-state index is 0.0759. The number of aryl methyl sites for hydroxylation is 1. The van der Waals surface area contributed by atoms with Crippen LogP contribution in [0.3, 0.4) is 0 Å². The molecule has 6 rings (SSSR count). The molecule has 2 aromatic heterocycles. The SMILES string of the molecule is CC[C@@H]1CN(c2nc(Cl)nc3c2nc(C)n3CC2CCCO2)[C@@H](C)CN1C(c1ccc(F)cc1)c1ccc(C#N)cc1. The van der Waals surface area contributed by atoms with Gasteiger partial charge in [-0.1, -0.05) is 31.2 Å². The van der Waals surface area contributed by atoms with Crippen molar-refractivity contribution in [3.63, 3.8) is 0 Å². The summed E-state index contributed by atoms with van der Waals surface area (Å²) < 4.78 is 22.0. The summed E-state index contributed by atoms with van der Waals surface area (Å²) in [5, 5.41) is 9.56. The highest BCUT2D eigenvalue weighted by atomic mass is 35.5. The van der Waals surface area contributed by atoms with Gasteiger partial charge in [0.25, 0.3) is 0 Å². The highest BCUT2D eigenvalue weighted by Crippen LogP contribution is 2.37. The van der Waals surface area contributed by atoms with Crippen LogP contribution in [-0.4, -0.2) is 62.3 Å². The number of fused-ring (bicyclic) bond motifs is 1. The summed E-state index contributed by atoms with van der Waals surface area (Å²) in [7, 11) is 0. The van der Waals surface area contributed by atoms with Crippen LogP contribution < -0.4 is 4.90 Å². The number of hydrogen-bond donors (Lipinski definition) is 0. The summed E-state index contributed by atoms with van der Waals surface area (Å²) in [6.07, 6.45) is 3.14. The fraction of sp³-hybridized carbons (Fsp3) is 0.438. The van der Waals surface area contributed by atoms with E-state index in [1.807, 2.05) is 43.3 Å². The van der Waals surface area contributed by atoms with E-state index in [0.717, 1.165) is 66.3 Å². The van der Waals surface area contributed by atoms with Gasteiger partial charge in [-0.2, -0.15) is 15.2 Å². The van der Waals surface area contributed by atoms with Crippen molar-refractivity contribution < 1.29 is 9.13 Å². The van der Waals surface area contributed by atoms with Gasteiger partial charge in [-0.3, -0.25) is 4.90 Å². The normalized spacial score (nSPS) is 22.0. The third-order valence-corrected chi connectivity index (χ3v) is 8.82. The zero-order chi connectivity index (χ0) is 29.4. The van der Waals surface area contributed by atoms with Crippen LogP contribution in [0.2, 0.25) is 5.28 Å². The number of nitriles is 1. The Bertz CT molecular complexity index is 1590. The van der Waals surface area contributed by atoms with E-state index in [-0.39, 0.29) is 35.3 Å². The summed E-state index contributed by atoms with van der Waals surface area (Å²) >= 11 is 6.55. The first kappa shape index (κ1) is 28.5. The number of rotatable bonds is 7. The number of nitrogens with zero attached hydrogens (tertiary/aromatic N) is 7. The fourth-order valence-corrected chi connectivity index (χ4v) is 6.64. The van der Waals surface area contributed by atoms with Crippen molar-refractivity contribution in [1.29, 1.82) is 5.26 Å². The molecular weight excluding hydrogens is 553 g/mol. The average Bonchev–Trinajstić information content (AvgIpc) is 3.62. The van der Waals surface area contributed by atoms with E-state index in [1.165, 1.54) is 12.1 Å². The lowest BCUT2D eigenvalue weighted by Crippen LogP contribution is -2.58. The van der Waals surface area contributed by atoms with E-state index >= 15 is 0 Å². The number of ether oxygens (including phenoxy) is 1. The van der Waals surface area contributed by atoms with Crippen molar-refractivity contribution in [3.8, 4) is 6.07 Å². The zero-order valence-corrected chi connectivity index (χ0v) is 24.9. The summed E-state index contributed by atoms with van der Waals surface area (Å²) in [4.78, 5) is 19.1. The maximum atomic E-state index is 13.9. The molecule has 4 aromatic rings. The molecule has 42 heavy (non-hydrogen) atoms. The fourth-order valence-electron chi connectivity index (χ4n) is 6.48. The van der Waals surface area contributed by atoms with E-state index in [2.05, 4.69) is 39.3 Å². The Morgan fingerprint density at radius 2 is 1.79 bits per heavy atom. The average molecular weight is 588 g/mol. The predicted octanol–water partition coefficient (Wildman–Crippen LogP) is 6.06. The molecule has 0 bridgehead atoms. The highest BCUT2D eigenvalue weighted by molar-refractivity contribution is 6.28. The molecule has 218 valence electrons. The molecule has 0 spiro atoms. The van der Waals surface area contributed by atoms with E-state index in [4.69, 9.17) is 26.3 Å². The molecule has 0 N–H and O–H groups in total. The molecule has 2 aromatic carbocycles. The maximum absolute atomic E-state index is 13.9.